The molecule has 1 aliphatic rings. The maximum Gasteiger partial charge on any atom is 1.00 e. The zero-order valence-corrected chi connectivity index (χ0v) is 36.0. The third-order valence-corrected chi connectivity index (χ3v) is 8.18. The van der Waals surface area contributed by atoms with Gasteiger partial charge in [0.1, 0.15) is 12.4 Å². The van der Waals surface area contributed by atoms with E-state index < -0.39 is 12.1 Å². The van der Waals surface area contributed by atoms with E-state index in [1.54, 1.807) is 20.2 Å². The van der Waals surface area contributed by atoms with Crippen molar-refractivity contribution in [2.45, 2.75) is 85.8 Å². The number of carbonyl (C=O) groups is 2. The number of unbranched alkanes of at least 4 members (excludes halogenated alkanes) is 1. The van der Waals surface area contributed by atoms with Crippen molar-refractivity contribution in [3.05, 3.63) is 87.6 Å². The number of alkyl carbamates (subject to hydrolysis) is 1. The number of amides is 2. The Morgan fingerprint density at radius 2 is 1.84 bits per heavy atom. The van der Waals surface area contributed by atoms with E-state index in [1.165, 1.54) is 41.8 Å². The molecule has 1 heterocycles. The number of aliphatic imine (C=N–C) groups is 1. The molecule has 0 bridgehead atoms. The van der Waals surface area contributed by atoms with Crippen LogP contribution in [0.25, 0.3) is 10.9 Å². The Balaban J connectivity index is 0.000000703. The molecule has 2 atom stereocenters. The van der Waals surface area contributed by atoms with Crippen molar-refractivity contribution >= 4 is 58.9 Å². The van der Waals surface area contributed by atoms with Gasteiger partial charge in [0, 0.05) is 30.2 Å². The standard InChI is InChI=1S/C14H18NO3.C13H12Cl2N.C7H13N3O2.C4H10.K/c1-3-11(2)13(9-16)15-14(17)18-10-12-7-5-4-6-8-12;1-7-2-3-12-9(4-7)10-5-8(14)6-11(15)13(10)16-12;1-6(4-10-5-11)12-7(8-2)9-3;1-3-4-2;/h4-8,11,13H,3,10H2,1-2H3,(H,15,17);5-6,16H,2-4H2,1H3;5H,1,4H2,2-3H3,(H,8,9)(H,10,11);3-4H2,1-2H3;/q2*-1;;;+1/t11?,13-;;;;/m1..../s1. The van der Waals surface area contributed by atoms with Crippen LogP contribution in [0.2, 0.25) is 10.0 Å². The third-order valence-electron chi connectivity index (χ3n) is 7.67. The third kappa shape index (κ3) is 18.8. The molecule has 1 aromatic heterocycles. The van der Waals surface area contributed by atoms with Gasteiger partial charge in [0.25, 0.3) is 6.02 Å². The van der Waals surface area contributed by atoms with Gasteiger partial charge in [-0.05, 0) is 35.6 Å². The van der Waals surface area contributed by atoms with E-state index in [0.29, 0.717) is 23.2 Å². The quantitative estimate of drug-likeness (QED) is 0.0525. The molecule has 13 heteroatoms. The van der Waals surface area contributed by atoms with Gasteiger partial charge < -0.3 is 41.1 Å². The van der Waals surface area contributed by atoms with Crippen molar-refractivity contribution in [1.82, 2.24) is 20.9 Å². The Kier molecular flexibility index (Phi) is 26.8. The summed E-state index contributed by atoms with van der Waals surface area (Å²) in [4.78, 5) is 39.3. The number of aromatic nitrogens is 1. The molecule has 0 spiro atoms. The maximum absolute atomic E-state index is 11.5. The number of carbonyl (C=O) groups excluding carboxylic acids is 3. The number of halogens is 2. The van der Waals surface area contributed by atoms with Crippen LogP contribution in [-0.2, 0) is 38.5 Å². The summed E-state index contributed by atoms with van der Waals surface area (Å²) in [5.74, 6) is 2.01. The van der Waals surface area contributed by atoms with Crippen LogP contribution in [0, 0.1) is 11.8 Å². The summed E-state index contributed by atoms with van der Waals surface area (Å²) in [5.41, 5.74) is 4.64. The topological polar surface area (TPSA) is 134 Å². The Morgan fingerprint density at radius 1 is 1.18 bits per heavy atom. The molecule has 1 aliphatic carbocycles. The summed E-state index contributed by atoms with van der Waals surface area (Å²) in [6.07, 6.45) is 8.55. The average Bonchev–Trinajstić information content (AvgIpc) is 3.49. The molecule has 0 saturated carbocycles. The number of fused-ring (bicyclic) bond motifs is 3. The number of H-pyrrole nitrogens is 1. The molecule has 0 saturated heterocycles. The molecule has 4 N–H and O–H groups in total. The number of benzene rings is 2. The van der Waals surface area contributed by atoms with Crippen LogP contribution in [0.5, 0.6) is 0 Å². The Hall–Kier alpha value is -2.38. The summed E-state index contributed by atoms with van der Waals surface area (Å²) in [7, 11) is 3.27. The minimum absolute atomic E-state index is 0. The van der Waals surface area contributed by atoms with Gasteiger partial charge in [-0.1, -0.05) is 113 Å². The fourth-order valence-electron chi connectivity index (χ4n) is 4.42. The number of rotatable bonds is 11. The van der Waals surface area contributed by atoms with Crippen molar-refractivity contribution < 1.29 is 75.2 Å². The number of hydrogen-bond donors (Lipinski definition) is 4. The first kappa shape index (κ1) is 48.6. The smallest absolute Gasteiger partial charge is 0.540 e. The van der Waals surface area contributed by atoms with Crippen molar-refractivity contribution in [2.24, 2.45) is 10.9 Å². The first-order valence-electron chi connectivity index (χ1n) is 16.8. The van der Waals surface area contributed by atoms with Crippen LogP contribution >= 0.6 is 23.2 Å². The summed E-state index contributed by atoms with van der Waals surface area (Å²) in [6, 6.07) is 12.9. The van der Waals surface area contributed by atoms with E-state index in [0.717, 1.165) is 35.4 Å². The monoisotopic (exact) mass is 768 g/mol. The predicted molar refractivity (Wildman–Crippen MR) is 205 cm³/mol. The fourth-order valence-corrected chi connectivity index (χ4v) is 4.96. The molecule has 2 amide bonds. The van der Waals surface area contributed by atoms with Gasteiger partial charge >= 0.3 is 57.5 Å². The van der Waals surface area contributed by atoms with E-state index in [-0.39, 0.29) is 70.5 Å². The number of amidine groups is 1. The van der Waals surface area contributed by atoms with E-state index in [2.05, 4.69) is 53.3 Å². The summed E-state index contributed by atoms with van der Waals surface area (Å²) >= 11 is 12.3. The summed E-state index contributed by atoms with van der Waals surface area (Å²) < 4.78 is 10.1. The van der Waals surface area contributed by atoms with Gasteiger partial charge in [0.15, 0.2) is 0 Å². The molecule has 4 rings (SSSR count). The average molecular weight is 770 g/mol. The largest absolute Gasteiger partial charge is 1.00 e. The Morgan fingerprint density at radius 3 is 2.39 bits per heavy atom. The zero-order chi connectivity index (χ0) is 37.5. The minimum atomic E-state index is -0.613. The van der Waals surface area contributed by atoms with Crippen molar-refractivity contribution in [2.75, 3.05) is 20.6 Å². The predicted octanol–water partition coefficient (Wildman–Crippen LogP) is 5.27. The second kappa shape index (κ2) is 28.2. The van der Waals surface area contributed by atoms with Crippen molar-refractivity contribution in [3.8, 4) is 0 Å². The number of ether oxygens (including phenoxy) is 2. The van der Waals surface area contributed by atoms with Crippen LogP contribution in [0.4, 0.5) is 4.79 Å². The number of aromatic amines is 1. The summed E-state index contributed by atoms with van der Waals surface area (Å²) in [5, 5.41) is 10.2. The molecular formula is C38H53Cl2KN5O5-. The molecule has 1 unspecified atom stereocenters. The summed E-state index contributed by atoms with van der Waals surface area (Å²) in [6.45, 7) is 14.4. The van der Waals surface area contributed by atoms with Crippen molar-refractivity contribution in [3.63, 3.8) is 0 Å². The van der Waals surface area contributed by atoms with E-state index in [1.807, 2.05) is 56.5 Å². The van der Waals surface area contributed by atoms with Gasteiger partial charge in [0.2, 0.25) is 6.41 Å². The minimum Gasteiger partial charge on any atom is -0.540 e. The second-order valence-electron chi connectivity index (χ2n) is 11.6. The number of hydrogen-bond acceptors (Lipinski definition) is 6. The number of nitrogens with zero attached hydrogens (tertiary/aromatic N) is 1. The van der Waals surface area contributed by atoms with Gasteiger partial charge in [-0.2, -0.15) is 13.3 Å². The zero-order valence-electron chi connectivity index (χ0n) is 31.4. The van der Waals surface area contributed by atoms with Crippen LogP contribution in [0.15, 0.2) is 59.8 Å². The SMILES string of the molecule is C=C(CNC=O)OC(=NC)NC.CCC(C)[C@@H]([C-]=O)NC(=O)OCc1ccccc1.CCCC.C[C-]1CCc2[nH]c3c(Cl)cc(Cl)cc3c2C1.[K+]. The van der Waals surface area contributed by atoms with Crippen molar-refractivity contribution in [1.29, 1.82) is 0 Å². The first-order valence-corrected chi connectivity index (χ1v) is 17.5. The molecule has 0 aliphatic heterocycles. The normalized spacial score (nSPS) is 13.0. The molecule has 10 nitrogen and oxygen atoms in total. The molecule has 51 heavy (non-hydrogen) atoms. The molecular weight excluding hydrogens is 716 g/mol. The Labute approximate surface area is 356 Å². The Bertz CT molecular complexity index is 1500. The second-order valence-corrected chi connectivity index (χ2v) is 12.5. The molecule has 276 valence electrons. The van der Waals surface area contributed by atoms with E-state index in [9.17, 15) is 14.4 Å². The molecule has 3 aromatic rings. The number of nitrogens with one attached hydrogen (secondary N) is 4. The first-order chi connectivity index (χ1) is 24.0. The van der Waals surface area contributed by atoms with Gasteiger partial charge in [-0.15, -0.1) is 6.42 Å². The van der Waals surface area contributed by atoms with Crippen LogP contribution in [0.1, 0.15) is 77.1 Å². The van der Waals surface area contributed by atoms with E-state index in [4.69, 9.17) is 32.7 Å². The molecule has 0 fully saturated rings. The van der Waals surface area contributed by atoms with Crippen LogP contribution in [0.3, 0.4) is 0 Å². The number of aryl methyl sites for hydroxylation is 1. The van der Waals surface area contributed by atoms with Crippen LogP contribution < -0.4 is 67.3 Å². The van der Waals surface area contributed by atoms with Gasteiger partial charge in [-0.3, -0.25) is 4.79 Å². The molecule has 0 radical (unpaired) electrons. The van der Waals surface area contributed by atoms with E-state index >= 15 is 0 Å². The van der Waals surface area contributed by atoms with Crippen LogP contribution in [-0.4, -0.2) is 56.5 Å². The fraction of sp³-hybridized carbons (Fsp3) is 0.447. The molecule has 2 aromatic carbocycles. The van der Waals surface area contributed by atoms with Gasteiger partial charge in [-0.25, -0.2) is 16.1 Å². The van der Waals surface area contributed by atoms with Gasteiger partial charge in [0.05, 0.1) is 17.1 Å². The maximum atomic E-state index is 11.5.